The van der Waals surface area contributed by atoms with Gasteiger partial charge in [-0.25, -0.2) is 0 Å². The number of quaternary nitrogens is 1. The van der Waals surface area contributed by atoms with Gasteiger partial charge in [-0.3, -0.25) is 4.79 Å². The molecule has 1 N–H and O–H groups in total. The Morgan fingerprint density at radius 1 is 0.867 bits per heavy atom. The molecule has 154 valence electrons. The van der Waals surface area contributed by atoms with Crippen LogP contribution in [0.4, 0.5) is 0 Å². The van der Waals surface area contributed by atoms with Crippen molar-refractivity contribution in [3.63, 3.8) is 0 Å². The van der Waals surface area contributed by atoms with Crippen LogP contribution < -0.4 is 9.64 Å². The Morgan fingerprint density at radius 2 is 1.40 bits per heavy atom. The normalized spacial score (nSPS) is 14.7. The van der Waals surface area contributed by atoms with Crippen LogP contribution in [0.5, 0.6) is 5.75 Å². The maximum Gasteiger partial charge on any atom is 0.260 e. The van der Waals surface area contributed by atoms with Gasteiger partial charge in [0.15, 0.2) is 6.61 Å². The predicted molar refractivity (Wildman–Crippen MR) is 119 cm³/mol. The third-order valence-corrected chi connectivity index (χ3v) is 5.82. The van der Waals surface area contributed by atoms with Crippen molar-refractivity contribution in [2.45, 2.75) is 13.0 Å². The molecule has 4 nitrogen and oxygen atoms in total. The fraction of sp³-hybridized carbons (Fsp3) is 0.269. The summed E-state index contributed by atoms with van der Waals surface area (Å²) >= 11 is 0. The molecule has 0 unspecified atom stereocenters. The number of hydrogen-bond donors (Lipinski definition) is 1. The maximum atomic E-state index is 12.6. The second-order valence-corrected chi connectivity index (χ2v) is 7.90. The Bertz CT molecular complexity index is 894. The molecule has 0 aromatic heterocycles. The van der Waals surface area contributed by atoms with Gasteiger partial charge >= 0.3 is 0 Å². The van der Waals surface area contributed by atoms with Gasteiger partial charge in [0, 0.05) is 11.1 Å². The largest absolute Gasteiger partial charge is 0.484 e. The Balaban J connectivity index is 1.38. The van der Waals surface area contributed by atoms with E-state index in [-0.39, 0.29) is 18.6 Å². The first kappa shape index (κ1) is 20.2. The molecule has 4 heteroatoms. The topological polar surface area (TPSA) is 34.0 Å². The molecular weight excluding hydrogens is 372 g/mol. The highest BCUT2D eigenvalue weighted by molar-refractivity contribution is 5.77. The van der Waals surface area contributed by atoms with Gasteiger partial charge in [0.25, 0.3) is 5.91 Å². The van der Waals surface area contributed by atoms with Crippen LogP contribution >= 0.6 is 0 Å². The fourth-order valence-electron chi connectivity index (χ4n) is 4.16. The number of aryl methyl sites for hydroxylation is 1. The average Bonchev–Trinajstić information content (AvgIpc) is 2.81. The van der Waals surface area contributed by atoms with Crippen molar-refractivity contribution >= 4 is 5.91 Å². The van der Waals surface area contributed by atoms with E-state index in [1.54, 1.807) is 0 Å². The van der Waals surface area contributed by atoms with E-state index in [9.17, 15) is 4.79 Å². The Morgan fingerprint density at radius 3 is 1.93 bits per heavy atom. The van der Waals surface area contributed by atoms with Crippen molar-refractivity contribution in [2.75, 3.05) is 32.8 Å². The molecule has 0 spiro atoms. The summed E-state index contributed by atoms with van der Waals surface area (Å²) in [5, 5.41) is 0. The van der Waals surface area contributed by atoms with Gasteiger partial charge in [-0.2, -0.15) is 0 Å². The van der Waals surface area contributed by atoms with Crippen molar-refractivity contribution in [2.24, 2.45) is 0 Å². The van der Waals surface area contributed by atoms with Crippen molar-refractivity contribution < 1.29 is 14.4 Å². The van der Waals surface area contributed by atoms with Crippen LogP contribution in [-0.4, -0.2) is 43.6 Å². The van der Waals surface area contributed by atoms with Crippen molar-refractivity contribution in [1.29, 1.82) is 0 Å². The van der Waals surface area contributed by atoms with Crippen LogP contribution in [0.2, 0.25) is 0 Å². The van der Waals surface area contributed by atoms with Crippen LogP contribution in [0.15, 0.2) is 84.9 Å². The van der Waals surface area contributed by atoms with Crippen LogP contribution in [0, 0.1) is 6.92 Å². The molecule has 1 amide bonds. The minimum atomic E-state index is 0.0607. The first-order valence-electron chi connectivity index (χ1n) is 10.6. The minimum Gasteiger partial charge on any atom is -0.484 e. The van der Waals surface area contributed by atoms with Crippen LogP contribution in [0.3, 0.4) is 0 Å². The SMILES string of the molecule is Cc1ccc(OCC(=O)N2CC[NH+](C(c3ccccc3)c3ccccc3)CC2)cc1. The number of ether oxygens (including phenoxy) is 1. The van der Waals surface area contributed by atoms with E-state index in [0.29, 0.717) is 0 Å². The standard InChI is InChI=1S/C26H28N2O2/c1-21-12-14-24(15-13-21)30-20-25(29)27-16-18-28(19-17-27)26(22-8-4-2-5-9-22)23-10-6-3-7-11-23/h2-15,26H,16-20H2,1H3/p+1. The first-order valence-corrected chi connectivity index (χ1v) is 10.6. The summed E-state index contributed by atoms with van der Waals surface area (Å²) in [5.74, 6) is 0.803. The number of carbonyl (C=O) groups is 1. The van der Waals surface area contributed by atoms with Crippen LogP contribution in [0.1, 0.15) is 22.7 Å². The lowest BCUT2D eigenvalue weighted by Gasteiger charge is -2.37. The highest BCUT2D eigenvalue weighted by atomic mass is 16.5. The Hall–Kier alpha value is -3.11. The molecule has 30 heavy (non-hydrogen) atoms. The summed E-state index contributed by atoms with van der Waals surface area (Å²) in [6.45, 7) is 5.48. The quantitative estimate of drug-likeness (QED) is 0.689. The van der Waals surface area contributed by atoms with E-state index in [1.165, 1.54) is 21.6 Å². The summed E-state index contributed by atoms with van der Waals surface area (Å²) in [5.41, 5.74) is 3.82. The summed E-state index contributed by atoms with van der Waals surface area (Å²) in [6.07, 6.45) is 0. The molecule has 1 saturated heterocycles. The van der Waals surface area contributed by atoms with E-state index in [2.05, 4.69) is 60.7 Å². The van der Waals surface area contributed by atoms with Crippen molar-refractivity contribution in [1.82, 2.24) is 4.90 Å². The number of rotatable bonds is 6. The highest BCUT2D eigenvalue weighted by Crippen LogP contribution is 2.19. The molecule has 4 rings (SSSR count). The first-order chi connectivity index (χ1) is 14.7. The molecular formula is C26H29N2O2+. The van der Waals surface area contributed by atoms with Gasteiger partial charge in [-0.1, -0.05) is 78.4 Å². The lowest BCUT2D eigenvalue weighted by atomic mass is 9.96. The maximum absolute atomic E-state index is 12.6. The predicted octanol–water partition coefficient (Wildman–Crippen LogP) is 2.89. The van der Waals surface area contributed by atoms with Gasteiger partial charge in [0.1, 0.15) is 11.8 Å². The van der Waals surface area contributed by atoms with Crippen molar-refractivity contribution in [3.05, 3.63) is 102 Å². The third kappa shape index (κ3) is 4.89. The summed E-state index contributed by atoms with van der Waals surface area (Å²) in [6, 6.07) is 29.5. The highest BCUT2D eigenvalue weighted by Gasteiger charge is 2.31. The lowest BCUT2D eigenvalue weighted by molar-refractivity contribution is -0.929. The van der Waals surface area contributed by atoms with Crippen LogP contribution in [-0.2, 0) is 4.79 Å². The third-order valence-electron chi connectivity index (χ3n) is 5.82. The number of nitrogens with zero attached hydrogens (tertiary/aromatic N) is 1. The average molecular weight is 402 g/mol. The second-order valence-electron chi connectivity index (χ2n) is 7.90. The number of hydrogen-bond acceptors (Lipinski definition) is 2. The van der Waals surface area contributed by atoms with Crippen LogP contribution in [0.25, 0.3) is 0 Å². The Kier molecular flexibility index (Phi) is 6.45. The molecule has 0 saturated carbocycles. The molecule has 1 aliphatic rings. The molecule has 1 heterocycles. The molecule has 0 aliphatic carbocycles. The minimum absolute atomic E-state index is 0.0607. The van der Waals surface area contributed by atoms with Crippen molar-refractivity contribution in [3.8, 4) is 5.75 Å². The summed E-state index contributed by atoms with van der Waals surface area (Å²) in [4.78, 5) is 16.1. The molecule has 3 aromatic rings. The smallest absolute Gasteiger partial charge is 0.260 e. The van der Waals surface area contributed by atoms with E-state index in [4.69, 9.17) is 4.74 Å². The molecule has 0 atom stereocenters. The van der Waals surface area contributed by atoms with Gasteiger partial charge in [0.2, 0.25) is 0 Å². The second kappa shape index (κ2) is 9.59. The lowest BCUT2D eigenvalue weighted by Crippen LogP contribution is -3.15. The molecule has 0 bridgehead atoms. The van der Waals surface area contributed by atoms with E-state index < -0.39 is 0 Å². The van der Waals surface area contributed by atoms with Gasteiger partial charge in [0.05, 0.1) is 26.2 Å². The number of benzene rings is 3. The zero-order valence-electron chi connectivity index (χ0n) is 17.5. The van der Waals surface area contributed by atoms with Gasteiger partial charge < -0.3 is 14.5 Å². The van der Waals surface area contributed by atoms with E-state index >= 15 is 0 Å². The zero-order chi connectivity index (χ0) is 20.8. The molecule has 1 fully saturated rings. The van der Waals surface area contributed by atoms with E-state index in [0.717, 1.165) is 31.9 Å². The monoisotopic (exact) mass is 401 g/mol. The number of piperazine rings is 1. The number of nitrogens with one attached hydrogen (secondary N) is 1. The molecule has 3 aromatic carbocycles. The molecule has 0 radical (unpaired) electrons. The number of amides is 1. The Labute approximate surface area is 178 Å². The summed E-state index contributed by atoms with van der Waals surface area (Å²) in [7, 11) is 0. The fourth-order valence-corrected chi connectivity index (χ4v) is 4.16. The van der Waals surface area contributed by atoms with E-state index in [1.807, 2.05) is 36.1 Å². The van der Waals surface area contributed by atoms with Gasteiger partial charge in [-0.15, -0.1) is 0 Å². The molecule has 1 aliphatic heterocycles. The summed E-state index contributed by atoms with van der Waals surface area (Å²) < 4.78 is 5.69. The number of carbonyl (C=O) groups excluding carboxylic acids is 1. The van der Waals surface area contributed by atoms with Gasteiger partial charge in [-0.05, 0) is 19.1 Å². The zero-order valence-corrected chi connectivity index (χ0v) is 17.5.